The summed E-state index contributed by atoms with van der Waals surface area (Å²) in [5, 5.41) is 0. The molecule has 19 heavy (non-hydrogen) atoms. The number of hydrogen-bond acceptors (Lipinski definition) is 3. The highest BCUT2D eigenvalue weighted by molar-refractivity contribution is 6.71. The normalized spacial score (nSPS) is 11.4. The van der Waals surface area contributed by atoms with Gasteiger partial charge in [0, 0.05) is 12.2 Å². The van der Waals surface area contributed by atoms with Crippen LogP contribution in [0.2, 0.25) is 19.1 Å². The zero-order valence-corrected chi connectivity index (χ0v) is 14.1. The molecule has 0 saturated heterocycles. The fourth-order valence-electron chi connectivity index (χ4n) is 1.68. The lowest BCUT2D eigenvalue weighted by Gasteiger charge is -2.22. The molecular weight excluding hydrogens is 256 g/mol. The molecule has 0 bridgehead atoms. The summed E-state index contributed by atoms with van der Waals surface area (Å²) < 4.78 is 11.0. The smallest absolute Gasteiger partial charge is 0.333 e. The van der Waals surface area contributed by atoms with E-state index in [1.165, 1.54) is 12.5 Å². The van der Waals surface area contributed by atoms with Gasteiger partial charge in [-0.2, -0.15) is 0 Å². The van der Waals surface area contributed by atoms with E-state index in [9.17, 15) is 4.79 Å². The van der Waals surface area contributed by atoms with Gasteiger partial charge in [-0.1, -0.05) is 32.8 Å². The summed E-state index contributed by atoms with van der Waals surface area (Å²) in [6, 6.07) is 1.19. The minimum absolute atomic E-state index is 0.280. The molecule has 4 heteroatoms. The first-order chi connectivity index (χ1) is 8.89. The molecule has 0 saturated carbocycles. The van der Waals surface area contributed by atoms with Gasteiger partial charge in [0.2, 0.25) is 0 Å². The zero-order chi connectivity index (χ0) is 14.7. The van der Waals surface area contributed by atoms with Crippen LogP contribution in [0.4, 0.5) is 0 Å². The number of carbonyl (C=O) groups is 1. The fraction of sp³-hybridized carbons (Fsp3) is 0.800. The Balaban J connectivity index is 3.52. The monoisotopic (exact) mass is 286 g/mol. The molecule has 0 aliphatic heterocycles. The Morgan fingerprint density at radius 3 is 2.37 bits per heavy atom. The van der Waals surface area contributed by atoms with Crippen molar-refractivity contribution in [3.63, 3.8) is 0 Å². The summed E-state index contributed by atoms with van der Waals surface area (Å²) in [7, 11) is -1.46. The molecule has 0 fully saturated rings. The van der Waals surface area contributed by atoms with Gasteiger partial charge in [0.1, 0.15) is 0 Å². The van der Waals surface area contributed by atoms with Crippen LogP contribution in [0.25, 0.3) is 0 Å². The Morgan fingerprint density at radius 1 is 1.11 bits per heavy atom. The lowest BCUT2D eigenvalue weighted by Crippen LogP contribution is -2.30. The summed E-state index contributed by atoms with van der Waals surface area (Å²) in [6.07, 6.45) is 5.54. The van der Waals surface area contributed by atoms with Crippen molar-refractivity contribution in [3.05, 3.63) is 12.2 Å². The first-order valence-corrected chi connectivity index (χ1v) is 10.5. The van der Waals surface area contributed by atoms with E-state index in [0.717, 1.165) is 32.3 Å². The third-order valence-electron chi connectivity index (χ3n) is 3.00. The third kappa shape index (κ3) is 11.0. The van der Waals surface area contributed by atoms with Crippen LogP contribution in [-0.2, 0) is 14.0 Å². The summed E-state index contributed by atoms with van der Waals surface area (Å²) in [6.45, 7) is 13.4. The molecule has 112 valence electrons. The van der Waals surface area contributed by atoms with Crippen molar-refractivity contribution in [2.45, 2.75) is 65.1 Å². The van der Waals surface area contributed by atoms with Gasteiger partial charge in [-0.05, 0) is 38.9 Å². The van der Waals surface area contributed by atoms with Crippen LogP contribution in [0, 0.1) is 0 Å². The number of hydrogen-bond donors (Lipinski definition) is 0. The quantitative estimate of drug-likeness (QED) is 0.246. The molecule has 0 aromatic heterocycles. The summed E-state index contributed by atoms with van der Waals surface area (Å²) >= 11 is 0. The highest BCUT2D eigenvalue weighted by Crippen LogP contribution is 2.16. The first-order valence-electron chi connectivity index (χ1n) is 7.35. The first kappa shape index (κ1) is 18.4. The van der Waals surface area contributed by atoms with Gasteiger partial charge < -0.3 is 9.16 Å². The van der Waals surface area contributed by atoms with Gasteiger partial charge in [-0.15, -0.1) is 0 Å². The molecular formula is C15H30O3Si. The van der Waals surface area contributed by atoms with Gasteiger partial charge in [-0.25, -0.2) is 4.79 Å². The Morgan fingerprint density at radius 2 is 1.79 bits per heavy atom. The van der Waals surface area contributed by atoms with E-state index in [2.05, 4.69) is 26.6 Å². The van der Waals surface area contributed by atoms with E-state index >= 15 is 0 Å². The van der Waals surface area contributed by atoms with Gasteiger partial charge in [0.25, 0.3) is 0 Å². The van der Waals surface area contributed by atoms with E-state index in [-0.39, 0.29) is 5.97 Å². The molecule has 3 nitrogen and oxygen atoms in total. The fourth-order valence-corrected chi connectivity index (χ4v) is 3.63. The lowest BCUT2D eigenvalue weighted by atomic mass is 10.3. The van der Waals surface area contributed by atoms with Crippen molar-refractivity contribution >= 4 is 14.3 Å². The summed E-state index contributed by atoms with van der Waals surface area (Å²) in [5.74, 6) is -0.280. The van der Waals surface area contributed by atoms with Crippen LogP contribution in [0.5, 0.6) is 0 Å². The standard InChI is InChI=1S/C15H30O3Si/c1-6-7-12-18-19(4,5)13-10-8-9-11-17-15(16)14(2)3/h2,6-13H2,1,3-5H3. The average Bonchev–Trinajstić information content (AvgIpc) is 2.33. The number of carbonyl (C=O) groups excluding carboxylic acids is 1. The second-order valence-corrected chi connectivity index (χ2v) is 10.00. The molecule has 0 spiro atoms. The predicted octanol–water partition coefficient (Wildman–Crippen LogP) is 4.30. The topological polar surface area (TPSA) is 35.5 Å². The van der Waals surface area contributed by atoms with Crippen molar-refractivity contribution in [1.29, 1.82) is 0 Å². The van der Waals surface area contributed by atoms with Crippen LogP contribution < -0.4 is 0 Å². The van der Waals surface area contributed by atoms with Crippen molar-refractivity contribution < 1.29 is 14.0 Å². The van der Waals surface area contributed by atoms with E-state index in [0.29, 0.717) is 12.2 Å². The van der Waals surface area contributed by atoms with Gasteiger partial charge in [0.05, 0.1) is 6.61 Å². The average molecular weight is 286 g/mol. The highest BCUT2D eigenvalue weighted by Gasteiger charge is 2.21. The van der Waals surface area contributed by atoms with Crippen LogP contribution >= 0.6 is 0 Å². The zero-order valence-electron chi connectivity index (χ0n) is 13.1. The molecule has 0 atom stereocenters. The Hall–Kier alpha value is -0.613. The molecule has 0 radical (unpaired) electrons. The number of rotatable bonds is 11. The number of unbranched alkanes of at least 4 members (excludes halogenated alkanes) is 3. The maximum atomic E-state index is 11.1. The van der Waals surface area contributed by atoms with Crippen LogP contribution in [0.3, 0.4) is 0 Å². The maximum absolute atomic E-state index is 11.1. The molecule has 0 unspecified atom stereocenters. The Kier molecular flexibility index (Phi) is 9.88. The summed E-state index contributed by atoms with van der Waals surface area (Å²) in [4.78, 5) is 11.1. The minimum Gasteiger partial charge on any atom is -0.462 e. The third-order valence-corrected chi connectivity index (χ3v) is 5.54. The van der Waals surface area contributed by atoms with Gasteiger partial charge in [-0.3, -0.25) is 0 Å². The highest BCUT2D eigenvalue weighted by atomic mass is 28.4. The van der Waals surface area contributed by atoms with E-state index in [1.54, 1.807) is 6.92 Å². The largest absolute Gasteiger partial charge is 0.462 e. The summed E-state index contributed by atoms with van der Waals surface area (Å²) in [5.41, 5.74) is 0.470. The van der Waals surface area contributed by atoms with E-state index in [4.69, 9.17) is 9.16 Å². The molecule has 0 rings (SSSR count). The van der Waals surface area contributed by atoms with Crippen molar-refractivity contribution in [3.8, 4) is 0 Å². The molecule has 0 heterocycles. The Bertz CT molecular complexity index is 275. The van der Waals surface area contributed by atoms with E-state index < -0.39 is 8.32 Å². The second-order valence-electron chi connectivity index (χ2n) is 5.69. The molecule has 0 N–H and O–H groups in total. The number of esters is 1. The predicted molar refractivity (Wildman–Crippen MR) is 82.8 cm³/mol. The number of ether oxygens (including phenoxy) is 1. The molecule has 0 amide bonds. The van der Waals surface area contributed by atoms with Crippen molar-refractivity contribution in [1.82, 2.24) is 0 Å². The van der Waals surface area contributed by atoms with E-state index in [1.807, 2.05) is 0 Å². The van der Waals surface area contributed by atoms with Crippen LogP contribution in [0.15, 0.2) is 12.2 Å². The molecule has 0 aromatic rings. The maximum Gasteiger partial charge on any atom is 0.333 e. The molecule has 0 aliphatic carbocycles. The van der Waals surface area contributed by atoms with Crippen LogP contribution in [-0.4, -0.2) is 27.5 Å². The minimum atomic E-state index is -1.46. The van der Waals surface area contributed by atoms with Crippen molar-refractivity contribution in [2.24, 2.45) is 0 Å². The van der Waals surface area contributed by atoms with Gasteiger partial charge >= 0.3 is 5.97 Å². The van der Waals surface area contributed by atoms with Crippen LogP contribution in [0.1, 0.15) is 46.0 Å². The van der Waals surface area contributed by atoms with Gasteiger partial charge in [0.15, 0.2) is 8.32 Å². The lowest BCUT2D eigenvalue weighted by molar-refractivity contribution is -0.139. The molecule has 0 aliphatic rings. The Labute approximate surface area is 119 Å². The van der Waals surface area contributed by atoms with Crippen molar-refractivity contribution in [2.75, 3.05) is 13.2 Å². The molecule has 0 aromatic carbocycles. The second kappa shape index (κ2) is 10.2. The SMILES string of the molecule is C=C(C)C(=O)OCCCCC[Si](C)(C)OCCCC.